The first-order valence-corrected chi connectivity index (χ1v) is 15.9. The normalized spacial score (nSPS) is 15.0. The molecule has 1 aliphatic heterocycles. The van der Waals surface area contributed by atoms with Crippen LogP contribution in [0.2, 0.25) is 0 Å². The van der Waals surface area contributed by atoms with Crippen LogP contribution in [-0.4, -0.2) is 59.7 Å². The molecular weight excluding hydrogens is 517 g/mol. The highest BCUT2D eigenvalue weighted by molar-refractivity contribution is 7.70. The summed E-state index contributed by atoms with van der Waals surface area (Å²) in [5.74, 6) is 0.268. The largest absolute Gasteiger partial charge is 0.484 e. The number of carbonyl (C=O) groups excluding carboxylic acids is 2. The third kappa shape index (κ3) is 9.27. The van der Waals surface area contributed by atoms with Crippen molar-refractivity contribution in [3.8, 4) is 5.75 Å². The molecule has 1 saturated heterocycles. The Morgan fingerprint density at radius 2 is 1.59 bits per heavy atom. The first-order valence-electron chi connectivity index (χ1n) is 13.3. The Labute approximate surface area is 232 Å². The van der Waals surface area contributed by atoms with Crippen LogP contribution >= 0.6 is 7.14 Å². The zero-order valence-corrected chi connectivity index (χ0v) is 25.3. The van der Waals surface area contributed by atoms with E-state index < -0.39 is 24.4 Å². The summed E-state index contributed by atoms with van der Waals surface area (Å²) >= 11 is 0. The lowest BCUT2D eigenvalue weighted by Gasteiger charge is -2.33. The minimum Gasteiger partial charge on any atom is -0.484 e. The Bertz CT molecular complexity index is 1210. The van der Waals surface area contributed by atoms with Crippen molar-refractivity contribution in [2.45, 2.75) is 78.1 Å². The van der Waals surface area contributed by atoms with E-state index >= 15 is 0 Å². The second kappa shape index (κ2) is 12.0. The average molecular weight is 560 g/mol. The second-order valence-corrected chi connectivity index (χ2v) is 15.4. The maximum absolute atomic E-state index is 13.5. The van der Waals surface area contributed by atoms with Gasteiger partial charge in [-0.1, -0.05) is 30.3 Å². The molecule has 0 atom stereocenters. The van der Waals surface area contributed by atoms with Gasteiger partial charge in [-0.05, 0) is 79.3 Å². The van der Waals surface area contributed by atoms with Crippen molar-refractivity contribution >= 4 is 30.5 Å². The van der Waals surface area contributed by atoms with Gasteiger partial charge < -0.3 is 23.7 Å². The van der Waals surface area contributed by atoms with Gasteiger partial charge in [0.15, 0.2) is 5.75 Å². The molecule has 0 radical (unpaired) electrons. The van der Waals surface area contributed by atoms with Gasteiger partial charge in [-0.15, -0.1) is 0 Å². The molecule has 214 valence electrons. The molecule has 0 bridgehead atoms. The highest BCUT2D eigenvalue weighted by Gasteiger charge is 2.31. The van der Waals surface area contributed by atoms with Crippen molar-refractivity contribution < 1.29 is 28.4 Å². The smallest absolute Gasteiger partial charge is 0.412 e. The minimum absolute atomic E-state index is 0.00338. The fourth-order valence-corrected chi connectivity index (χ4v) is 5.21. The van der Waals surface area contributed by atoms with Crippen molar-refractivity contribution in [2.24, 2.45) is 0 Å². The van der Waals surface area contributed by atoms with Crippen molar-refractivity contribution in [3.05, 3.63) is 47.7 Å². The molecule has 1 fully saturated rings. The monoisotopic (exact) mass is 559 g/mol. The highest BCUT2D eigenvalue weighted by atomic mass is 31.2. The van der Waals surface area contributed by atoms with Gasteiger partial charge in [0.25, 0.3) is 0 Å². The van der Waals surface area contributed by atoms with Gasteiger partial charge in [0.1, 0.15) is 30.4 Å². The lowest BCUT2D eigenvalue weighted by atomic mass is 9.93. The minimum atomic E-state index is -2.93. The Balaban J connectivity index is 1.94. The standard InChI is InChI=1S/C29H42N3O6P/c1-28(2,3)37-26(33)31-23-18-22(21-14-16-32(17-15-21)27(34)38-29(4,5)6)30-25(39(7,8)35)24(23)36-19-20-12-10-9-11-13-20/h9-13,18,21H,14-17,19H2,1-8H3,(H,30,31,33). The molecule has 0 unspecified atom stereocenters. The Kier molecular flexibility index (Phi) is 9.37. The third-order valence-electron chi connectivity index (χ3n) is 5.91. The molecule has 1 aliphatic rings. The number of nitrogens with zero attached hydrogens (tertiary/aromatic N) is 2. The Morgan fingerprint density at radius 3 is 2.13 bits per heavy atom. The predicted octanol–water partition coefficient (Wildman–Crippen LogP) is 6.37. The molecule has 3 rings (SSSR count). The fourth-order valence-electron chi connectivity index (χ4n) is 4.18. The van der Waals surface area contributed by atoms with E-state index in [0.29, 0.717) is 42.7 Å². The van der Waals surface area contributed by atoms with E-state index in [-0.39, 0.29) is 24.4 Å². The molecule has 0 spiro atoms. The van der Waals surface area contributed by atoms with Crippen LogP contribution in [0.5, 0.6) is 5.75 Å². The van der Waals surface area contributed by atoms with E-state index in [0.717, 1.165) is 5.56 Å². The summed E-state index contributed by atoms with van der Waals surface area (Å²) in [6.45, 7) is 15.4. The van der Waals surface area contributed by atoms with Crippen LogP contribution in [0.4, 0.5) is 15.3 Å². The number of hydrogen-bond acceptors (Lipinski definition) is 7. The fraction of sp³-hybridized carbons (Fsp3) is 0.552. The molecule has 10 heteroatoms. The van der Waals surface area contributed by atoms with Gasteiger partial charge in [0.2, 0.25) is 0 Å². The zero-order chi connectivity index (χ0) is 29.0. The maximum atomic E-state index is 13.5. The number of ether oxygens (including phenoxy) is 3. The summed E-state index contributed by atoms with van der Waals surface area (Å²) in [5, 5.41) is 2.82. The molecular formula is C29H42N3O6P. The summed E-state index contributed by atoms with van der Waals surface area (Å²) in [5.41, 5.74) is 1.03. The number of nitrogens with one attached hydrogen (secondary N) is 1. The van der Waals surface area contributed by atoms with E-state index in [4.69, 9.17) is 19.2 Å². The van der Waals surface area contributed by atoms with Crippen LogP contribution in [0.3, 0.4) is 0 Å². The molecule has 0 saturated carbocycles. The van der Waals surface area contributed by atoms with Crippen LogP contribution in [0.15, 0.2) is 36.4 Å². The number of carbonyl (C=O) groups is 2. The Hall–Kier alpha value is -3.06. The maximum Gasteiger partial charge on any atom is 0.412 e. The summed E-state index contributed by atoms with van der Waals surface area (Å²) in [6, 6.07) is 11.4. The summed E-state index contributed by atoms with van der Waals surface area (Å²) in [4.78, 5) is 31.9. The predicted molar refractivity (Wildman–Crippen MR) is 154 cm³/mol. The first-order chi connectivity index (χ1) is 18.0. The molecule has 2 aromatic rings. The van der Waals surface area contributed by atoms with E-state index in [2.05, 4.69) is 5.32 Å². The van der Waals surface area contributed by atoms with Crippen LogP contribution in [-0.2, 0) is 20.6 Å². The number of amides is 2. The quantitative estimate of drug-likeness (QED) is 0.410. The summed E-state index contributed by atoms with van der Waals surface area (Å²) in [7, 11) is -2.93. The molecule has 2 heterocycles. The number of pyridine rings is 1. The van der Waals surface area contributed by atoms with Crippen molar-refractivity contribution in [3.63, 3.8) is 0 Å². The number of piperidine rings is 1. The summed E-state index contributed by atoms with van der Waals surface area (Å²) < 4.78 is 30.7. The molecule has 9 nitrogen and oxygen atoms in total. The van der Waals surface area contributed by atoms with Crippen molar-refractivity contribution in [1.29, 1.82) is 0 Å². The summed E-state index contributed by atoms with van der Waals surface area (Å²) in [6.07, 6.45) is 0.328. The van der Waals surface area contributed by atoms with E-state index in [9.17, 15) is 14.2 Å². The number of hydrogen-bond donors (Lipinski definition) is 1. The van der Waals surface area contributed by atoms with Crippen molar-refractivity contribution in [1.82, 2.24) is 9.88 Å². The lowest BCUT2D eigenvalue weighted by molar-refractivity contribution is 0.0203. The van der Waals surface area contributed by atoms with E-state index in [1.165, 1.54) is 0 Å². The molecule has 1 aromatic heterocycles. The molecule has 2 amide bonds. The number of rotatable bonds is 6. The number of anilines is 1. The van der Waals surface area contributed by atoms with Gasteiger partial charge in [-0.3, -0.25) is 5.32 Å². The van der Waals surface area contributed by atoms with Gasteiger partial charge >= 0.3 is 12.2 Å². The van der Waals surface area contributed by atoms with Gasteiger partial charge in [-0.2, -0.15) is 0 Å². The number of aromatic nitrogens is 1. The first kappa shape index (κ1) is 30.5. The molecule has 1 N–H and O–H groups in total. The van der Waals surface area contributed by atoms with Gasteiger partial charge in [-0.25, -0.2) is 14.6 Å². The second-order valence-electron chi connectivity index (χ2n) is 12.2. The molecule has 0 aliphatic carbocycles. The van der Waals surface area contributed by atoms with Gasteiger partial charge in [0.05, 0.1) is 5.69 Å². The average Bonchev–Trinajstić information content (AvgIpc) is 2.80. The van der Waals surface area contributed by atoms with Crippen LogP contribution < -0.4 is 15.5 Å². The third-order valence-corrected chi connectivity index (χ3v) is 7.23. The topological polar surface area (TPSA) is 107 Å². The van der Waals surface area contributed by atoms with Crippen LogP contribution in [0, 0.1) is 0 Å². The molecule has 39 heavy (non-hydrogen) atoms. The van der Waals surface area contributed by atoms with Gasteiger partial charge in [0, 0.05) is 24.7 Å². The Morgan fingerprint density at radius 1 is 1.00 bits per heavy atom. The highest BCUT2D eigenvalue weighted by Crippen LogP contribution is 2.42. The SMILES string of the molecule is CC(C)(C)OC(=O)Nc1cc(C2CCN(C(=O)OC(C)(C)C)CC2)nc(P(C)(C)=O)c1OCc1ccccc1. The van der Waals surface area contributed by atoms with Crippen LogP contribution in [0.25, 0.3) is 0 Å². The zero-order valence-electron chi connectivity index (χ0n) is 24.4. The number of benzene rings is 1. The lowest BCUT2D eigenvalue weighted by Crippen LogP contribution is -2.41. The van der Waals surface area contributed by atoms with Crippen molar-refractivity contribution in [2.75, 3.05) is 31.7 Å². The molecule has 1 aromatic carbocycles. The van der Waals surface area contributed by atoms with E-state index in [1.54, 1.807) is 45.1 Å². The van der Waals surface area contributed by atoms with E-state index in [1.807, 2.05) is 51.1 Å². The number of likely N-dealkylation sites (tertiary alicyclic amines) is 1. The van der Waals surface area contributed by atoms with Crippen LogP contribution in [0.1, 0.15) is 71.6 Å².